The Labute approximate surface area is 155 Å². The number of carbonyl (C=O) groups is 1. The van der Waals surface area contributed by atoms with E-state index in [2.05, 4.69) is 15.5 Å². The minimum absolute atomic E-state index is 0. The summed E-state index contributed by atoms with van der Waals surface area (Å²) in [5.74, 6) is 0.783. The Morgan fingerprint density at radius 3 is 2.71 bits per heavy atom. The number of amides is 1. The molecule has 0 atom stereocenters. The molecule has 136 valence electrons. The molecule has 2 aliphatic rings. The summed E-state index contributed by atoms with van der Waals surface area (Å²) in [7, 11) is 3.63. The summed E-state index contributed by atoms with van der Waals surface area (Å²) in [6.45, 7) is 3.12. The van der Waals surface area contributed by atoms with Gasteiger partial charge in [0.15, 0.2) is 0 Å². The van der Waals surface area contributed by atoms with E-state index in [0.29, 0.717) is 19.4 Å². The van der Waals surface area contributed by atoms with E-state index < -0.39 is 5.60 Å². The molecular weight excluding hydrogens is 353 g/mol. The van der Waals surface area contributed by atoms with Gasteiger partial charge in [-0.25, -0.2) is 0 Å². The van der Waals surface area contributed by atoms with Crippen LogP contribution >= 0.6 is 24.8 Å². The zero-order valence-electron chi connectivity index (χ0n) is 14.0. The lowest BCUT2D eigenvalue weighted by molar-refractivity contribution is -0.140. The zero-order valence-corrected chi connectivity index (χ0v) is 15.6. The van der Waals surface area contributed by atoms with Crippen molar-refractivity contribution in [2.75, 3.05) is 50.6 Å². The number of hydrogen-bond donors (Lipinski definition) is 2. The fourth-order valence-corrected chi connectivity index (χ4v) is 3.03. The quantitative estimate of drug-likeness (QED) is 0.843. The third kappa shape index (κ3) is 4.06. The van der Waals surface area contributed by atoms with Gasteiger partial charge in [-0.1, -0.05) is 0 Å². The van der Waals surface area contributed by atoms with Gasteiger partial charge in [-0.2, -0.15) is 0 Å². The maximum Gasteiger partial charge on any atom is 0.256 e. The third-order valence-corrected chi connectivity index (χ3v) is 4.53. The molecule has 8 heteroatoms. The maximum atomic E-state index is 12.7. The molecule has 1 saturated heterocycles. The number of fused-ring (bicyclic) bond motifs is 1. The predicted octanol–water partition coefficient (Wildman–Crippen LogP) is 2.07. The molecule has 0 saturated carbocycles. The fraction of sp³-hybridized carbons (Fsp3) is 0.562. The minimum Gasteiger partial charge on any atom is -0.490 e. The van der Waals surface area contributed by atoms with Gasteiger partial charge >= 0.3 is 0 Å². The fourth-order valence-electron chi connectivity index (χ4n) is 3.03. The monoisotopic (exact) mass is 377 g/mol. The molecule has 3 rings (SSSR count). The summed E-state index contributed by atoms with van der Waals surface area (Å²) in [6, 6.07) is 5.74. The number of rotatable bonds is 3. The molecule has 0 bridgehead atoms. The van der Waals surface area contributed by atoms with E-state index in [9.17, 15) is 4.79 Å². The van der Waals surface area contributed by atoms with Crippen molar-refractivity contribution >= 4 is 42.1 Å². The van der Waals surface area contributed by atoms with Gasteiger partial charge < -0.3 is 25.0 Å². The number of methoxy groups -OCH3 is 1. The number of piperidine rings is 1. The van der Waals surface area contributed by atoms with Crippen molar-refractivity contribution in [2.45, 2.75) is 18.4 Å². The summed E-state index contributed by atoms with van der Waals surface area (Å²) in [6.07, 6.45) is 1.37. The molecule has 24 heavy (non-hydrogen) atoms. The second kappa shape index (κ2) is 8.76. The number of hydrogen-bond acceptors (Lipinski definition) is 5. The number of halogens is 2. The van der Waals surface area contributed by atoms with E-state index in [-0.39, 0.29) is 30.7 Å². The highest BCUT2D eigenvalue weighted by Crippen LogP contribution is 2.34. The zero-order chi connectivity index (χ0) is 15.6. The Morgan fingerprint density at radius 2 is 2.04 bits per heavy atom. The molecule has 0 aliphatic carbocycles. The van der Waals surface area contributed by atoms with Crippen LogP contribution in [0, 0.1) is 0 Å². The number of ether oxygens (including phenoxy) is 2. The minimum atomic E-state index is -0.733. The lowest BCUT2D eigenvalue weighted by atomic mass is 9.91. The average Bonchev–Trinajstić information content (AvgIpc) is 2.56. The molecular formula is C16H25Cl2N3O3. The smallest absolute Gasteiger partial charge is 0.256 e. The summed E-state index contributed by atoms with van der Waals surface area (Å²) in [5.41, 5.74) is 1.04. The van der Waals surface area contributed by atoms with Crippen LogP contribution in [0.1, 0.15) is 12.8 Å². The van der Waals surface area contributed by atoms with Crippen molar-refractivity contribution in [1.82, 2.24) is 5.32 Å². The van der Waals surface area contributed by atoms with Crippen molar-refractivity contribution < 1.29 is 14.3 Å². The van der Waals surface area contributed by atoms with E-state index in [4.69, 9.17) is 9.47 Å². The lowest BCUT2D eigenvalue weighted by Gasteiger charge is -2.35. The second-order valence-corrected chi connectivity index (χ2v) is 5.86. The van der Waals surface area contributed by atoms with E-state index in [1.165, 1.54) is 0 Å². The molecule has 1 aromatic carbocycles. The highest BCUT2D eigenvalue weighted by molar-refractivity contribution is 5.98. The molecule has 0 spiro atoms. The molecule has 1 aromatic rings. The number of likely N-dealkylation sites (N-methyl/N-ethyl adjacent to an activating group) is 1. The van der Waals surface area contributed by atoms with Crippen LogP contribution < -0.4 is 20.3 Å². The standard InChI is InChI=1S/C16H23N3O3.2ClH/c1-19-9-10-22-14-4-3-12(11-13(14)19)18-15(20)16(21-2)5-7-17-8-6-16;;/h3-4,11,17H,5-10H2,1-2H3,(H,18,20);2*1H. The summed E-state index contributed by atoms with van der Waals surface area (Å²) >= 11 is 0. The van der Waals surface area contributed by atoms with E-state index in [0.717, 1.165) is 36.8 Å². The Hall–Kier alpha value is -1.21. The van der Waals surface area contributed by atoms with Crippen LogP contribution in [0.25, 0.3) is 0 Å². The van der Waals surface area contributed by atoms with Gasteiger partial charge in [0.25, 0.3) is 5.91 Å². The van der Waals surface area contributed by atoms with Crippen molar-refractivity contribution in [3.8, 4) is 5.75 Å². The summed E-state index contributed by atoms with van der Waals surface area (Å²) < 4.78 is 11.2. The van der Waals surface area contributed by atoms with Crippen molar-refractivity contribution in [1.29, 1.82) is 0 Å². The SMILES string of the molecule is COC1(C(=O)Nc2ccc3c(c2)N(C)CCO3)CCNCC1.Cl.Cl. The Bertz CT molecular complexity index is 565. The van der Waals surface area contributed by atoms with Crippen LogP contribution in [0.3, 0.4) is 0 Å². The molecule has 0 radical (unpaired) electrons. The van der Waals surface area contributed by atoms with Crippen LogP contribution in [0.2, 0.25) is 0 Å². The molecule has 2 heterocycles. The van der Waals surface area contributed by atoms with Crippen molar-refractivity contribution in [3.63, 3.8) is 0 Å². The number of carbonyl (C=O) groups excluding carboxylic acids is 1. The number of nitrogens with zero attached hydrogens (tertiary/aromatic N) is 1. The van der Waals surface area contributed by atoms with Gasteiger partial charge in [0.05, 0.1) is 12.2 Å². The molecule has 1 amide bonds. The van der Waals surface area contributed by atoms with E-state index in [1.807, 2.05) is 25.2 Å². The van der Waals surface area contributed by atoms with Crippen LogP contribution in [-0.2, 0) is 9.53 Å². The van der Waals surface area contributed by atoms with E-state index in [1.54, 1.807) is 7.11 Å². The first-order valence-electron chi connectivity index (χ1n) is 7.70. The van der Waals surface area contributed by atoms with Crippen molar-refractivity contribution in [3.05, 3.63) is 18.2 Å². The highest BCUT2D eigenvalue weighted by Gasteiger charge is 2.39. The van der Waals surface area contributed by atoms with Crippen LogP contribution in [0.15, 0.2) is 18.2 Å². The molecule has 0 unspecified atom stereocenters. The summed E-state index contributed by atoms with van der Waals surface area (Å²) in [5, 5.41) is 6.26. The molecule has 2 aliphatic heterocycles. The highest BCUT2D eigenvalue weighted by atomic mass is 35.5. The number of anilines is 2. The summed E-state index contributed by atoms with van der Waals surface area (Å²) in [4.78, 5) is 14.8. The molecule has 1 fully saturated rings. The lowest BCUT2D eigenvalue weighted by Crippen LogP contribution is -2.51. The maximum absolute atomic E-state index is 12.7. The van der Waals surface area contributed by atoms with Crippen molar-refractivity contribution in [2.24, 2.45) is 0 Å². The van der Waals surface area contributed by atoms with Gasteiger partial charge in [0.1, 0.15) is 18.0 Å². The van der Waals surface area contributed by atoms with Crippen LogP contribution in [0.5, 0.6) is 5.75 Å². The largest absolute Gasteiger partial charge is 0.490 e. The van der Waals surface area contributed by atoms with Gasteiger partial charge in [-0.3, -0.25) is 4.79 Å². The average molecular weight is 378 g/mol. The topological polar surface area (TPSA) is 62.8 Å². The van der Waals surface area contributed by atoms with Crippen LogP contribution in [0.4, 0.5) is 11.4 Å². The van der Waals surface area contributed by atoms with E-state index >= 15 is 0 Å². The number of benzene rings is 1. The Balaban J connectivity index is 0.00000144. The van der Waals surface area contributed by atoms with Gasteiger partial charge in [0.2, 0.25) is 0 Å². The normalized spacial score (nSPS) is 18.3. The Morgan fingerprint density at radius 1 is 1.33 bits per heavy atom. The number of nitrogens with one attached hydrogen (secondary N) is 2. The molecule has 0 aromatic heterocycles. The Kier molecular flexibility index (Phi) is 7.60. The molecule has 2 N–H and O–H groups in total. The molecule has 6 nitrogen and oxygen atoms in total. The first kappa shape index (κ1) is 20.8. The van der Waals surface area contributed by atoms with Gasteiger partial charge in [-0.05, 0) is 44.1 Å². The predicted molar refractivity (Wildman–Crippen MR) is 100 cm³/mol. The van der Waals surface area contributed by atoms with Gasteiger partial charge in [-0.15, -0.1) is 24.8 Å². The second-order valence-electron chi connectivity index (χ2n) is 5.86. The first-order chi connectivity index (χ1) is 10.6. The van der Waals surface area contributed by atoms with Crippen LogP contribution in [-0.4, -0.2) is 51.9 Å². The first-order valence-corrected chi connectivity index (χ1v) is 7.70. The van der Waals surface area contributed by atoms with Gasteiger partial charge in [0, 0.05) is 19.8 Å². The third-order valence-electron chi connectivity index (χ3n) is 4.53.